The third-order valence-corrected chi connectivity index (χ3v) is 21.6. The first-order valence-electron chi connectivity index (χ1n) is 28.0. The number of hydrogen-bond acceptors (Lipinski definition) is 24. The summed E-state index contributed by atoms with van der Waals surface area (Å²) in [4.78, 5) is 13.1. The minimum Gasteiger partial charge on any atom is -0.479 e. The van der Waals surface area contributed by atoms with E-state index in [0.29, 0.717) is 44.9 Å². The van der Waals surface area contributed by atoms with E-state index in [0.717, 1.165) is 5.57 Å². The van der Waals surface area contributed by atoms with Gasteiger partial charge in [0.2, 0.25) is 0 Å². The Balaban J connectivity index is 1.06. The van der Waals surface area contributed by atoms with Crippen LogP contribution in [0.2, 0.25) is 0 Å². The van der Waals surface area contributed by atoms with E-state index in [1.807, 2.05) is 20.8 Å². The molecule has 0 aromatic rings. The van der Waals surface area contributed by atoms with E-state index in [1.165, 1.54) is 6.92 Å². The van der Waals surface area contributed by atoms with Crippen LogP contribution in [0.3, 0.4) is 0 Å². The number of ether oxygens (including phenoxy) is 8. The predicted octanol–water partition coefficient (Wildman–Crippen LogP) is -3.53. The van der Waals surface area contributed by atoms with Gasteiger partial charge in [-0.05, 0) is 91.3 Å². The molecule has 0 radical (unpaired) electrons. The van der Waals surface area contributed by atoms with Crippen LogP contribution in [0.25, 0.3) is 0 Å². The highest BCUT2D eigenvalue weighted by Crippen LogP contribution is 2.76. The summed E-state index contributed by atoms with van der Waals surface area (Å²) in [6.07, 6.45) is -36.8. The summed E-state index contributed by atoms with van der Waals surface area (Å²) in [7, 11) is 0. The van der Waals surface area contributed by atoms with Gasteiger partial charge in [0, 0.05) is 5.41 Å². The summed E-state index contributed by atoms with van der Waals surface area (Å²) in [5, 5.41) is 178. The molecule has 25 nitrogen and oxygen atoms in total. The molecule has 9 rings (SSSR count). The van der Waals surface area contributed by atoms with E-state index >= 15 is 0 Å². The summed E-state index contributed by atoms with van der Waals surface area (Å²) in [5.74, 6) is -2.37. The number of carboxylic acids is 1. The van der Waals surface area contributed by atoms with Crippen LogP contribution in [0.5, 0.6) is 0 Å². The lowest BCUT2D eigenvalue weighted by atomic mass is 9.32. The van der Waals surface area contributed by atoms with Crippen molar-refractivity contribution in [2.24, 2.45) is 50.2 Å². The molecule has 9 aliphatic rings. The largest absolute Gasteiger partial charge is 0.479 e. The van der Waals surface area contributed by atoms with E-state index in [1.54, 1.807) is 0 Å². The highest BCUT2D eigenvalue weighted by Gasteiger charge is 2.74. The summed E-state index contributed by atoms with van der Waals surface area (Å²) >= 11 is 0. The van der Waals surface area contributed by atoms with Gasteiger partial charge in [-0.25, -0.2) is 4.79 Å². The molecule has 0 amide bonds. The predicted molar refractivity (Wildman–Crippen MR) is 266 cm³/mol. The fourth-order valence-electron chi connectivity index (χ4n) is 16.9. The molecule has 4 saturated heterocycles. The highest BCUT2D eigenvalue weighted by atomic mass is 16.8. The number of carboxylic acid groups (broad SMARTS) is 1. The first-order chi connectivity index (χ1) is 36.8. The molecule has 25 heteroatoms. The van der Waals surface area contributed by atoms with Gasteiger partial charge < -0.3 is 120 Å². The molecule has 4 saturated carbocycles. The molecular weight excluding hydrogens is 1050 g/mol. The van der Waals surface area contributed by atoms with Crippen LogP contribution in [-0.2, 0) is 42.7 Å². The minimum absolute atomic E-state index is 0.0887. The summed E-state index contributed by atoms with van der Waals surface area (Å²) < 4.78 is 48.9. The second kappa shape index (κ2) is 22.0. The molecule has 0 unspecified atom stereocenters. The second-order valence-corrected chi connectivity index (χ2v) is 26.6. The van der Waals surface area contributed by atoms with E-state index in [-0.39, 0.29) is 17.3 Å². The lowest BCUT2D eigenvalue weighted by Gasteiger charge is -2.73. The van der Waals surface area contributed by atoms with Crippen molar-refractivity contribution in [3.63, 3.8) is 0 Å². The number of aliphatic carboxylic acids is 1. The number of aliphatic hydroxyl groups excluding tert-OH is 15. The fourth-order valence-corrected chi connectivity index (χ4v) is 16.9. The summed E-state index contributed by atoms with van der Waals surface area (Å²) in [6.45, 7) is 13.6. The Morgan fingerprint density at radius 1 is 0.582 bits per heavy atom. The van der Waals surface area contributed by atoms with Gasteiger partial charge in [-0.1, -0.05) is 60.1 Å². The molecule has 4 aliphatic heterocycles. The normalized spacial score (nSPS) is 55.3. The Morgan fingerprint density at radius 2 is 1.14 bits per heavy atom. The van der Waals surface area contributed by atoms with Crippen molar-refractivity contribution < 1.29 is 124 Å². The molecule has 0 bridgehead atoms. The van der Waals surface area contributed by atoms with Gasteiger partial charge in [-0.15, -0.1) is 0 Å². The SMILES string of the molecule is C[C@@H]1O[C@@H](O[C@H]2[C@H](O[C@H]3[C@H](O)[C@@H](C(=O)O)O[C@@H](O[C@H]4CC[C@]5(C)[C@H]6CC=C7[C@@H]8CC(C)(C)C[C@H](O)[C@]8(CO)[C@H](O)[C@H](O)[C@@]7(C)[C@]6(C)CC[C@H]5C4(C)C)[C@@H]3O[C@@H]3O[C@H](CO)[C@@H](O)[C@H](O)[C@H]3O)O[C@H](CO)[C@H](O)[C@@H]2O)[C@H](O)[C@H](O)[C@H]1O. The number of hydrogen-bond donors (Lipinski definition) is 16. The van der Waals surface area contributed by atoms with Crippen LogP contribution in [0.4, 0.5) is 0 Å². The zero-order valence-corrected chi connectivity index (χ0v) is 46.1. The average molecular weight is 1140 g/mol. The molecule has 5 aliphatic carbocycles. The molecule has 454 valence electrons. The fraction of sp³-hybridized carbons (Fsp3) is 0.944. The van der Waals surface area contributed by atoms with Crippen LogP contribution < -0.4 is 0 Å². The van der Waals surface area contributed by atoms with Crippen LogP contribution in [0.1, 0.15) is 100 Å². The third kappa shape index (κ3) is 9.61. The standard InChI is InChI=1S/C54H88O25/c1-20-29(59)32(62)35(65)45(72-20)78-40-34(64)31(61)24(18-56)74-47(40)76-38-37(67)39(44(70)71)77-48(41(38)79-46-36(66)33(63)30(60)23(17-55)73-46)75-28-12-13-51(6)25(50(28,4)5)11-14-52(7)26(51)10-9-21-22-15-49(2,3)16-27(58)54(22,19-57)43(69)42(68)53(21,52)8/h9,20,22-43,45-48,55-69H,10-19H2,1-8H3,(H,70,71)/t20-,22-,23+,24+,25-,26+,27-,28-,29-,30+,31-,32+,33-,34-,35+,36+,37-,38-,39-,40+,41+,42-,43+,45-,46-,47-,48+,51-,52+,53-,54+/m0/s1. The van der Waals surface area contributed by atoms with Crippen molar-refractivity contribution in [1.29, 1.82) is 0 Å². The van der Waals surface area contributed by atoms with Crippen molar-refractivity contribution in [1.82, 2.24) is 0 Å². The van der Waals surface area contributed by atoms with E-state index in [4.69, 9.17) is 37.9 Å². The zero-order chi connectivity index (χ0) is 58.2. The maximum atomic E-state index is 13.1. The van der Waals surface area contributed by atoms with Gasteiger partial charge in [0.1, 0.15) is 85.5 Å². The lowest BCUT2D eigenvalue weighted by molar-refractivity contribution is -0.406. The first kappa shape index (κ1) is 61.8. The Hall–Kier alpha value is -1.71. The molecule has 8 fully saturated rings. The Labute approximate surface area is 458 Å². The molecule has 0 spiro atoms. The number of fused-ring (bicyclic) bond motifs is 7. The maximum absolute atomic E-state index is 13.1. The van der Waals surface area contributed by atoms with Crippen LogP contribution in [0.15, 0.2) is 11.6 Å². The molecular formula is C54H88O25. The molecule has 16 N–H and O–H groups in total. The number of rotatable bonds is 12. The zero-order valence-electron chi connectivity index (χ0n) is 46.1. The van der Waals surface area contributed by atoms with E-state index in [2.05, 4.69) is 33.8 Å². The van der Waals surface area contributed by atoms with Crippen molar-refractivity contribution in [2.75, 3.05) is 19.8 Å². The smallest absolute Gasteiger partial charge is 0.335 e. The Bertz CT molecular complexity index is 2200. The van der Waals surface area contributed by atoms with Crippen molar-refractivity contribution in [3.8, 4) is 0 Å². The number of carbonyl (C=O) groups is 1. The van der Waals surface area contributed by atoms with Gasteiger partial charge in [0.25, 0.3) is 0 Å². The minimum atomic E-state index is -2.27. The van der Waals surface area contributed by atoms with Gasteiger partial charge in [0.05, 0.1) is 55.8 Å². The van der Waals surface area contributed by atoms with Crippen molar-refractivity contribution in [3.05, 3.63) is 11.6 Å². The first-order valence-corrected chi connectivity index (χ1v) is 28.0. The molecule has 0 aromatic carbocycles. The summed E-state index contributed by atoms with van der Waals surface area (Å²) in [6, 6.07) is 0. The average Bonchev–Trinajstić information content (AvgIpc) is 3.14. The Morgan fingerprint density at radius 3 is 1.75 bits per heavy atom. The number of aliphatic hydroxyl groups is 15. The molecule has 4 heterocycles. The van der Waals surface area contributed by atoms with Crippen LogP contribution >= 0.6 is 0 Å². The van der Waals surface area contributed by atoms with Crippen molar-refractivity contribution in [2.45, 2.75) is 248 Å². The van der Waals surface area contributed by atoms with E-state index < -0.39 is 206 Å². The lowest BCUT2D eigenvalue weighted by Crippen LogP contribution is -2.74. The Kier molecular flexibility index (Phi) is 17.2. The van der Waals surface area contributed by atoms with Crippen LogP contribution in [-0.4, -0.2) is 255 Å². The quantitative estimate of drug-likeness (QED) is 0.0665. The maximum Gasteiger partial charge on any atom is 0.335 e. The molecule has 31 atom stereocenters. The van der Waals surface area contributed by atoms with Gasteiger partial charge in [-0.2, -0.15) is 0 Å². The second-order valence-electron chi connectivity index (χ2n) is 26.6. The number of allylic oxidation sites excluding steroid dienone is 1. The van der Waals surface area contributed by atoms with Crippen LogP contribution in [0, 0.1) is 50.2 Å². The highest BCUT2D eigenvalue weighted by molar-refractivity contribution is 5.73. The van der Waals surface area contributed by atoms with Gasteiger partial charge in [0.15, 0.2) is 31.3 Å². The van der Waals surface area contributed by atoms with E-state index in [9.17, 15) is 86.5 Å². The van der Waals surface area contributed by atoms with Crippen molar-refractivity contribution >= 4 is 5.97 Å². The topological polar surface area (TPSA) is 415 Å². The molecule has 0 aromatic heterocycles. The third-order valence-electron chi connectivity index (χ3n) is 21.6. The monoisotopic (exact) mass is 1140 g/mol. The molecule has 79 heavy (non-hydrogen) atoms. The summed E-state index contributed by atoms with van der Waals surface area (Å²) in [5.41, 5.74) is -3.63. The van der Waals surface area contributed by atoms with Gasteiger partial charge in [-0.3, -0.25) is 0 Å². The van der Waals surface area contributed by atoms with Gasteiger partial charge >= 0.3 is 5.97 Å².